The molecule has 1 heterocycles. The van der Waals surface area contributed by atoms with Crippen molar-refractivity contribution in [1.82, 2.24) is 9.97 Å². The highest BCUT2D eigenvalue weighted by Crippen LogP contribution is 2.24. The normalized spacial score (nSPS) is 11.8. The molecule has 0 aromatic carbocycles. The lowest BCUT2D eigenvalue weighted by Crippen LogP contribution is -2.35. The number of halogens is 3. The molecule has 1 rings (SSSR count). The molecule has 0 atom stereocenters. The number of hydrogen-bond acceptors (Lipinski definition) is 4. The van der Waals surface area contributed by atoms with Crippen molar-refractivity contribution in [2.45, 2.75) is 46.2 Å². The van der Waals surface area contributed by atoms with Gasteiger partial charge in [-0.15, -0.1) is 0 Å². The summed E-state index contributed by atoms with van der Waals surface area (Å²) in [5.74, 6) is 1.49. The molecule has 0 unspecified atom stereocenters. The monoisotopic (exact) mass is 304 g/mol. The Hall–Kier alpha value is -1.53. The highest BCUT2D eigenvalue weighted by molar-refractivity contribution is 5.50. The van der Waals surface area contributed by atoms with Crippen LogP contribution in [0.5, 0.6) is 0 Å². The van der Waals surface area contributed by atoms with Crippen molar-refractivity contribution in [3.8, 4) is 0 Å². The van der Waals surface area contributed by atoms with E-state index in [1.54, 1.807) is 6.07 Å². The summed E-state index contributed by atoms with van der Waals surface area (Å²) in [4.78, 5) is 9.88. The molecular weight excluding hydrogens is 281 g/mol. The first kappa shape index (κ1) is 17.5. The highest BCUT2D eigenvalue weighted by atomic mass is 19.4. The van der Waals surface area contributed by atoms with Gasteiger partial charge in [0.2, 0.25) is 0 Å². The predicted octanol–water partition coefficient (Wildman–Crippen LogP) is 3.81. The minimum atomic E-state index is -4.25. The Labute approximate surface area is 123 Å². The second-order valence-electron chi connectivity index (χ2n) is 5.19. The fourth-order valence-corrected chi connectivity index (χ4v) is 1.91. The Morgan fingerprint density at radius 2 is 1.90 bits per heavy atom. The Morgan fingerprint density at radius 3 is 2.38 bits per heavy atom. The third-order valence-electron chi connectivity index (χ3n) is 2.79. The molecule has 0 radical (unpaired) electrons. The number of anilines is 2. The average molecular weight is 304 g/mol. The van der Waals surface area contributed by atoms with Crippen LogP contribution in [0.25, 0.3) is 0 Å². The van der Waals surface area contributed by atoms with Gasteiger partial charge in [0, 0.05) is 25.1 Å². The minimum Gasteiger partial charge on any atom is -0.370 e. The van der Waals surface area contributed by atoms with Crippen LogP contribution >= 0.6 is 0 Å². The van der Waals surface area contributed by atoms with E-state index in [-0.39, 0.29) is 5.92 Å². The molecule has 21 heavy (non-hydrogen) atoms. The van der Waals surface area contributed by atoms with E-state index in [0.717, 1.165) is 0 Å². The van der Waals surface area contributed by atoms with Gasteiger partial charge in [-0.3, -0.25) is 0 Å². The largest absolute Gasteiger partial charge is 0.405 e. The number of alkyl halides is 3. The molecule has 1 aromatic rings. The van der Waals surface area contributed by atoms with Gasteiger partial charge in [-0.1, -0.05) is 20.8 Å². The average Bonchev–Trinajstić information content (AvgIpc) is 2.36. The van der Waals surface area contributed by atoms with Gasteiger partial charge in [0.25, 0.3) is 0 Å². The SMILES string of the molecule is CCCN(CC(F)(F)F)c1cc(NCC)nc(C(C)C)n1. The molecule has 0 saturated heterocycles. The zero-order chi connectivity index (χ0) is 16.0. The Balaban J connectivity index is 3.15. The number of aromatic nitrogens is 2. The van der Waals surface area contributed by atoms with Crippen LogP contribution in [-0.4, -0.2) is 35.8 Å². The van der Waals surface area contributed by atoms with Crippen LogP contribution in [0.2, 0.25) is 0 Å². The van der Waals surface area contributed by atoms with E-state index < -0.39 is 12.7 Å². The van der Waals surface area contributed by atoms with Gasteiger partial charge in [0.15, 0.2) is 0 Å². The van der Waals surface area contributed by atoms with E-state index in [0.29, 0.717) is 37.0 Å². The van der Waals surface area contributed by atoms with Crippen molar-refractivity contribution in [2.24, 2.45) is 0 Å². The van der Waals surface area contributed by atoms with Gasteiger partial charge in [-0.2, -0.15) is 13.2 Å². The summed E-state index contributed by atoms with van der Waals surface area (Å²) >= 11 is 0. The lowest BCUT2D eigenvalue weighted by Gasteiger charge is -2.25. The molecule has 0 aliphatic rings. The van der Waals surface area contributed by atoms with Crippen molar-refractivity contribution < 1.29 is 13.2 Å². The fraction of sp³-hybridized carbons (Fsp3) is 0.714. The summed E-state index contributed by atoms with van der Waals surface area (Å²) in [6, 6.07) is 1.58. The van der Waals surface area contributed by atoms with E-state index in [2.05, 4.69) is 15.3 Å². The van der Waals surface area contributed by atoms with Crippen LogP contribution in [-0.2, 0) is 0 Å². The first-order valence-electron chi connectivity index (χ1n) is 7.21. The number of rotatable bonds is 7. The molecule has 1 N–H and O–H groups in total. The second-order valence-corrected chi connectivity index (χ2v) is 5.19. The van der Waals surface area contributed by atoms with E-state index >= 15 is 0 Å². The van der Waals surface area contributed by atoms with Gasteiger partial charge in [-0.25, -0.2) is 9.97 Å². The van der Waals surface area contributed by atoms with Crippen molar-refractivity contribution in [2.75, 3.05) is 29.9 Å². The smallest absolute Gasteiger partial charge is 0.370 e. The maximum absolute atomic E-state index is 12.7. The highest BCUT2D eigenvalue weighted by Gasteiger charge is 2.31. The molecule has 0 amide bonds. The van der Waals surface area contributed by atoms with Gasteiger partial charge < -0.3 is 10.2 Å². The maximum Gasteiger partial charge on any atom is 0.405 e. The molecule has 0 fully saturated rings. The predicted molar refractivity (Wildman–Crippen MR) is 78.8 cm³/mol. The molecule has 7 heteroatoms. The first-order valence-corrected chi connectivity index (χ1v) is 7.21. The summed E-state index contributed by atoms with van der Waals surface area (Å²) < 4.78 is 38.2. The lowest BCUT2D eigenvalue weighted by atomic mass is 10.2. The minimum absolute atomic E-state index is 0.0525. The molecule has 0 aliphatic heterocycles. The standard InChI is InChI=1S/C14H23F3N4/c1-5-7-21(9-14(15,16)17)12-8-11(18-6-2)19-13(20-12)10(3)4/h8,10H,5-7,9H2,1-4H3,(H,18,19,20). The molecule has 4 nitrogen and oxygen atoms in total. The van der Waals surface area contributed by atoms with Crippen molar-refractivity contribution in [3.05, 3.63) is 11.9 Å². The number of hydrogen-bond donors (Lipinski definition) is 1. The zero-order valence-electron chi connectivity index (χ0n) is 13.0. The molecule has 0 saturated carbocycles. The second kappa shape index (κ2) is 7.47. The van der Waals surface area contributed by atoms with Gasteiger partial charge in [0.1, 0.15) is 24.0 Å². The van der Waals surface area contributed by atoms with Gasteiger partial charge in [-0.05, 0) is 13.3 Å². The van der Waals surface area contributed by atoms with Crippen LogP contribution < -0.4 is 10.2 Å². The van der Waals surface area contributed by atoms with Crippen LogP contribution in [0.1, 0.15) is 45.9 Å². The Morgan fingerprint density at radius 1 is 1.24 bits per heavy atom. The quantitative estimate of drug-likeness (QED) is 0.831. The van der Waals surface area contributed by atoms with Crippen LogP contribution in [0.15, 0.2) is 6.07 Å². The van der Waals surface area contributed by atoms with Crippen molar-refractivity contribution in [1.29, 1.82) is 0 Å². The molecule has 1 aromatic heterocycles. The maximum atomic E-state index is 12.7. The van der Waals surface area contributed by atoms with Gasteiger partial charge >= 0.3 is 6.18 Å². The molecule has 0 aliphatic carbocycles. The van der Waals surface area contributed by atoms with E-state index in [1.807, 2.05) is 27.7 Å². The summed E-state index contributed by atoms with van der Waals surface area (Å²) in [5.41, 5.74) is 0. The van der Waals surface area contributed by atoms with Crippen LogP contribution in [0.3, 0.4) is 0 Å². The number of nitrogens with one attached hydrogen (secondary N) is 1. The first-order chi connectivity index (χ1) is 9.76. The van der Waals surface area contributed by atoms with E-state index in [9.17, 15) is 13.2 Å². The Bertz CT molecular complexity index is 446. The third kappa shape index (κ3) is 5.77. The summed E-state index contributed by atoms with van der Waals surface area (Å²) in [5, 5.41) is 3.04. The van der Waals surface area contributed by atoms with E-state index in [4.69, 9.17) is 0 Å². The molecule has 120 valence electrons. The lowest BCUT2D eigenvalue weighted by molar-refractivity contribution is -0.119. The summed E-state index contributed by atoms with van der Waals surface area (Å²) in [6.45, 7) is 7.56. The fourth-order valence-electron chi connectivity index (χ4n) is 1.91. The summed E-state index contributed by atoms with van der Waals surface area (Å²) in [7, 11) is 0. The van der Waals surface area contributed by atoms with Crippen LogP contribution in [0, 0.1) is 0 Å². The van der Waals surface area contributed by atoms with Crippen molar-refractivity contribution >= 4 is 11.6 Å². The summed E-state index contributed by atoms with van der Waals surface area (Å²) in [6.07, 6.45) is -3.63. The Kier molecular flexibility index (Phi) is 6.23. The molecule has 0 spiro atoms. The van der Waals surface area contributed by atoms with E-state index in [1.165, 1.54) is 4.90 Å². The van der Waals surface area contributed by atoms with Gasteiger partial charge in [0.05, 0.1) is 0 Å². The third-order valence-corrected chi connectivity index (χ3v) is 2.79. The zero-order valence-corrected chi connectivity index (χ0v) is 13.0. The molecule has 0 bridgehead atoms. The van der Waals surface area contributed by atoms with Crippen LogP contribution in [0.4, 0.5) is 24.8 Å². The number of nitrogens with zero attached hydrogens (tertiary/aromatic N) is 3. The molecular formula is C14H23F3N4. The topological polar surface area (TPSA) is 41.0 Å². The van der Waals surface area contributed by atoms with Crippen molar-refractivity contribution in [3.63, 3.8) is 0 Å².